The summed E-state index contributed by atoms with van der Waals surface area (Å²) in [6, 6.07) is 5.67. The molecule has 2 aliphatic carbocycles. The number of benzene rings is 1. The van der Waals surface area contributed by atoms with Gasteiger partial charge in [-0.1, -0.05) is 30.9 Å². The number of halogens is 3. The predicted octanol–water partition coefficient (Wildman–Crippen LogP) is 7.87. The lowest BCUT2D eigenvalue weighted by molar-refractivity contribution is 0.0618. The molecule has 0 N–H and O–H groups in total. The second-order valence-corrected chi connectivity index (χ2v) is 10.5. The summed E-state index contributed by atoms with van der Waals surface area (Å²) in [4.78, 5) is 24.6. The smallest absolute Gasteiger partial charge is 0.266 e. The van der Waals surface area contributed by atoms with Gasteiger partial charge in [0, 0.05) is 36.1 Å². The van der Waals surface area contributed by atoms with E-state index in [1.54, 1.807) is 30.6 Å². The molecular weight excluding hydrogens is 516 g/mol. The van der Waals surface area contributed by atoms with E-state index in [0.29, 0.717) is 11.4 Å². The molecule has 9 heteroatoms. The summed E-state index contributed by atoms with van der Waals surface area (Å²) in [6.07, 6.45) is 12.5. The van der Waals surface area contributed by atoms with E-state index in [0.717, 1.165) is 54.6 Å². The van der Waals surface area contributed by atoms with Crippen LogP contribution in [-0.4, -0.2) is 33.9 Å². The first-order chi connectivity index (χ1) is 18.0. The highest BCUT2D eigenvalue weighted by molar-refractivity contribution is 7.16. The van der Waals surface area contributed by atoms with Crippen molar-refractivity contribution in [3.05, 3.63) is 74.8 Å². The number of thiophene rings is 1. The zero-order valence-corrected chi connectivity index (χ0v) is 21.9. The quantitative estimate of drug-likeness (QED) is 0.318. The number of hydrogen-bond donors (Lipinski definition) is 0. The topological polar surface area (TPSA) is 55.3 Å². The molecule has 2 heterocycles. The summed E-state index contributed by atoms with van der Waals surface area (Å²) in [5, 5.41) is -0.0368. The number of ether oxygens (including phenoxy) is 1. The Hall–Kier alpha value is -3.10. The normalized spacial score (nSPS) is 15.9. The Bertz CT molecular complexity index is 1370. The van der Waals surface area contributed by atoms with E-state index < -0.39 is 11.7 Å². The average molecular weight is 542 g/mol. The summed E-state index contributed by atoms with van der Waals surface area (Å²) in [5.74, 6) is -0.867. The van der Waals surface area contributed by atoms with Gasteiger partial charge in [0.15, 0.2) is 0 Å². The van der Waals surface area contributed by atoms with Gasteiger partial charge in [-0.25, -0.2) is 8.78 Å². The predicted molar refractivity (Wildman–Crippen MR) is 143 cm³/mol. The summed E-state index contributed by atoms with van der Waals surface area (Å²) in [5.41, 5.74) is 2.32. The Morgan fingerprint density at radius 3 is 2.68 bits per heavy atom. The van der Waals surface area contributed by atoms with Gasteiger partial charge in [-0.2, -0.15) is 0 Å². The number of nitrogens with zero attached hydrogens (tertiary/aromatic N) is 3. The molecule has 0 unspecified atom stereocenters. The van der Waals surface area contributed by atoms with Crippen LogP contribution in [-0.2, 0) is 6.54 Å². The maximum atomic E-state index is 14.8. The van der Waals surface area contributed by atoms with Crippen LogP contribution in [0.15, 0.2) is 48.9 Å². The van der Waals surface area contributed by atoms with Crippen LogP contribution in [0.3, 0.4) is 0 Å². The molecule has 0 bridgehead atoms. The molecule has 0 aliphatic heterocycles. The Morgan fingerprint density at radius 1 is 1.16 bits per heavy atom. The van der Waals surface area contributed by atoms with Crippen LogP contribution in [0.4, 0.5) is 8.78 Å². The standard InChI is InChI=1S/C28H26ClF2N3O2S/c1-36-23-11-10-17(22-15-32-12-13-33-22)14-18(23)16-34(19-6-3-2-4-7-19)28(35)27-25(29)24-20(30)8-5-9-21(31)26(24)37-27/h8-15,19H,2-7,16H2,1H3. The lowest BCUT2D eigenvalue weighted by Gasteiger charge is -2.34. The monoisotopic (exact) mass is 541 g/mol. The number of rotatable bonds is 6. The van der Waals surface area contributed by atoms with E-state index in [4.69, 9.17) is 16.3 Å². The molecule has 1 fully saturated rings. The molecule has 2 aliphatic rings. The minimum absolute atomic E-state index is 0.0233. The molecule has 192 valence electrons. The minimum atomic E-state index is -0.609. The fourth-order valence-electron chi connectivity index (χ4n) is 4.97. The van der Waals surface area contributed by atoms with E-state index in [1.165, 1.54) is 12.2 Å². The molecule has 3 aromatic rings. The van der Waals surface area contributed by atoms with Crippen molar-refractivity contribution in [2.24, 2.45) is 0 Å². The lowest BCUT2D eigenvalue weighted by atomic mass is 9.93. The number of amides is 1. The average Bonchev–Trinajstić information content (AvgIpc) is 3.21. The summed E-state index contributed by atoms with van der Waals surface area (Å²) >= 11 is 7.48. The maximum Gasteiger partial charge on any atom is 0.266 e. The Labute approximate surface area is 223 Å². The van der Waals surface area contributed by atoms with Crippen molar-refractivity contribution in [2.75, 3.05) is 7.11 Å². The van der Waals surface area contributed by atoms with Crippen molar-refractivity contribution in [2.45, 2.75) is 51.1 Å². The Kier molecular flexibility index (Phi) is 7.67. The number of methoxy groups -OCH3 is 1. The molecule has 0 atom stereocenters. The summed E-state index contributed by atoms with van der Waals surface area (Å²) < 4.78 is 35.1. The number of hydrogen-bond acceptors (Lipinski definition) is 5. The van der Waals surface area contributed by atoms with Crippen LogP contribution in [0.5, 0.6) is 5.75 Å². The number of allylic oxidation sites excluding steroid dienone is 2. The Balaban J connectivity index is 1.55. The third-order valence-corrected chi connectivity index (χ3v) is 8.53. The first-order valence-corrected chi connectivity index (χ1v) is 13.5. The van der Waals surface area contributed by atoms with Crippen molar-refractivity contribution >= 4 is 40.5 Å². The fourth-order valence-corrected chi connectivity index (χ4v) is 6.49. The second-order valence-electron chi connectivity index (χ2n) is 9.13. The first kappa shape index (κ1) is 25.5. The Morgan fingerprint density at radius 2 is 1.95 bits per heavy atom. The van der Waals surface area contributed by atoms with E-state index in [2.05, 4.69) is 9.97 Å². The molecule has 1 amide bonds. The van der Waals surface area contributed by atoms with Crippen molar-refractivity contribution in [3.63, 3.8) is 0 Å². The lowest BCUT2D eigenvalue weighted by Crippen LogP contribution is -2.40. The summed E-state index contributed by atoms with van der Waals surface area (Å²) in [6.45, 7) is 0.260. The molecule has 1 saturated carbocycles. The molecule has 0 saturated heterocycles. The van der Waals surface area contributed by atoms with Gasteiger partial charge < -0.3 is 9.64 Å². The van der Waals surface area contributed by atoms with E-state index >= 15 is 0 Å². The highest BCUT2D eigenvalue weighted by Gasteiger charge is 2.33. The molecule has 1 aromatic carbocycles. The third-order valence-electron chi connectivity index (χ3n) is 6.85. The molecule has 5 rings (SSSR count). The zero-order chi connectivity index (χ0) is 25.9. The van der Waals surface area contributed by atoms with Gasteiger partial charge in [-0.15, -0.1) is 11.3 Å². The van der Waals surface area contributed by atoms with Crippen LogP contribution >= 0.6 is 22.9 Å². The van der Waals surface area contributed by atoms with Crippen molar-refractivity contribution < 1.29 is 18.3 Å². The van der Waals surface area contributed by atoms with Crippen LogP contribution in [0.1, 0.15) is 64.2 Å². The number of carbonyl (C=O) groups excluding carboxylic acids is 1. The van der Waals surface area contributed by atoms with Crippen molar-refractivity contribution in [3.8, 4) is 17.0 Å². The molecule has 37 heavy (non-hydrogen) atoms. The molecule has 0 radical (unpaired) electrons. The SMILES string of the molecule is COc1ccc(-c2cnccn2)cc1CN(C(=O)c1sc2c(c1Cl)C(F)=CCC=C2F)C1CCCCC1. The molecule has 5 nitrogen and oxygen atoms in total. The van der Waals surface area contributed by atoms with E-state index in [1.807, 2.05) is 18.2 Å². The molecule has 2 aromatic heterocycles. The van der Waals surface area contributed by atoms with Crippen LogP contribution in [0, 0.1) is 0 Å². The molecule has 0 spiro atoms. The van der Waals surface area contributed by atoms with Gasteiger partial charge in [-0.05, 0) is 49.6 Å². The maximum absolute atomic E-state index is 14.8. The minimum Gasteiger partial charge on any atom is -0.496 e. The number of carbonyl (C=O) groups is 1. The van der Waals surface area contributed by atoms with Crippen LogP contribution in [0.25, 0.3) is 22.9 Å². The van der Waals surface area contributed by atoms with E-state index in [9.17, 15) is 13.6 Å². The van der Waals surface area contributed by atoms with Gasteiger partial charge in [0.2, 0.25) is 0 Å². The largest absolute Gasteiger partial charge is 0.496 e. The zero-order valence-electron chi connectivity index (χ0n) is 20.3. The highest BCUT2D eigenvalue weighted by atomic mass is 35.5. The highest BCUT2D eigenvalue weighted by Crippen LogP contribution is 2.45. The van der Waals surface area contributed by atoms with Crippen molar-refractivity contribution in [1.82, 2.24) is 14.9 Å². The van der Waals surface area contributed by atoms with Crippen LogP contribution < -0.4 is 4.74 Å². The number of fused-ring (bicyclic) bond motifs is 1. The molecular formula is C28H26ClF2N3O2S. The van der Waals surface area contributed by atoms with Gasteiger partial charge in [0.1, 0.15) is 22.3 Å². The van der Waals surface area contributed by atoms with Gasteiger partial charge in [-0.3, -0.25) is 14.8 Å². The third kappa shape index (κ3) is 5.18. The van der Waals surface area contributed by atoms with Crippen molar-refractivity contribution in [1.29, 1.82) is 0 Å². The second kappa shape index (κ2) is 11.1. The first-order valence-electron chi connectivity index (χ1n) is 12.3. The fraction of sp³-hybridized carbons (Fsp3) is 0.321. The van der Waals surface area contributed by atoms with Gasteiger partial charge in [0.05, 0.1) is 34.5 Å². The van der Waals surface area contributed by atoms with E-state index in [-0.39, 0.29) is 45.3 Å². The number of aromatic nitrogens is 2. The summed E-state index contributed by atoms with van der Waals surface area (Å²) in [7, 11) is 1.59. The van der Waals surface area contributed by atoms with Gasteiger partial charge >= 0.3 is 0 Å². The van der Waals surface area contributed by atoms with Gasteiger partial charge in [0.25, 0.3) is 5.91 Å². The van der Waals surface area contributed by atoms with Crippen LogP contribution in [0.2, 0.25) is 5.02 Å².